The average Bonchev–Trinajstić information content (AvgIpc) is 3.30. The third-order valence-corrected chi connectivity index (χ3v) is 4.47. The number of nitrogens with zero attached hydrogens (tertiary/aromatic N) is 4. The van der Waals surface area contributed by atoms with Gasteiger partial charge < -0.3 is 25.4 Å². The molecular formula is C16H12F5N5O4. The lowest BCUT2D eigenvalue weighted by Gasteiger charge is -2.14. The van der Waals surface area contributed by atoms with Gasteiger partial charge in [-0.3, -0.25) is 4.57 Å². The highest BCUT2D eigenvalue weighted by Gasteiger charge is 2.36. The Morgan fingerprint density at radius 1 is 1.10 bits per heavy atom. The summed E-state index contributed by atoms with van der Waals surface area (Å²) >= 11 is 0. The summed E-state index contributed by atoms with van der Waals surface area (Å²) in [6, 6.07) is 0. The Kier molecular flexibility index (Phi) is 4.91. The van der Waals surface area contributed by atoms with Crippen LogP contribution in [0.3, 0.4) is 0 Å². The minimum atomic E-state index is -2.34. The van der Waals surface area contributed by atoms with Gasteiger partial charge in [-0.25, -0.2) is 18.2 Å². The maximum atomic E-state index is 13.9. The van der Waals surface area contributed by atoms with Gasteiger partial charge in [0.2, 0.25) is 40.8 Å². The first-order chi connectivity index (χ1) is 14.2. The van der Waals surface area contributed by atoms with Crippen LogP contribution in [0.25, 0.3) is 11.2 Å². The van der Waals surface area contributed by atoms with Gasteiger partial charge in [0, 0.05) is 6.42 Å². The number of aliphatic hydroxyl groups excluding tert-OH is 2. The van der Waals surface area contributed by atoms with Crippen LogP contribution in [-0.2, 0) is 4.74 Å². The van der Waals surface area contributed by atoms with E-state index in [2.05, 4.69) is 15.0 Å². The number of halogens is 5. The van der Waals surface area contributed by atoms with Gasteiger partial charge >= 0.3 is 0 Å². The van der Waals surface area contributed by atoms with Crippen molar-refractivity contribution in [1.82, 2.24) is 19.5 Å². The van der Waals surface area contributed by atoms with E-state index >= 15 is 0 Å². The molecule has 3 aromatic rings. The van der Waals surface area contributed by atoms with Crippen LogP contribution in [0.15, 0.2) is 6.33 Å². The van der Waals surface area contributed by atoms with Gasteiger partial charge in [-0.2, -0.15) is 18.7 Å². The Balaban J connectivity index is 1.79. The van der Waals surface area contributed by atoms with Crippen LogP contribution in [0.1, 0.15) is 12.6 Å². The number of rotatable bonds is 4. The number of fused-ring (bicyclic) bond motifs is 1. The molecule has 0 bridgehead atoms. The summed E-state index contributed by atoms with van der Waals surface area (Å²) in [7, 11) is 0. The molecular weight excluding hydrogens is 421 g/mol. The molecule has 4 rings (SSSR count). The van der Waals surface area contributed by atoms with E-state index in [1.54, 1.807) is 0 Å². The average molecular weight is 433 g/mol. The predicted molar refractivity (Wildman–Crippen MR) is 87.7 cm³/mol. The number of benzene rings is 1. The molecule has 4 N–H and O–H groups in total. The Bertz CT molecular complexity index is 1110. The van der Waals surface area contributed by atoms with E-state index in [1.165, 1.54) is 10.9 Å². The fraction of sp³-hybridized carbons (Fsp3) is 0.312. The van der Waals surface area contributed by atoms with Crippen molar-refractivity contribution >= 4 is 17.1 Å². The van der Waals surface area contributed by atoms with Crippen LogP contribution in [-0.4, -0.2) is 48.5 Å². The van der Waals surface area contributed by atoms with Gasteiger partial charge in [-0.05, 0) is 0 Å². The Hall–Kier alpha value is -3.10. The van der Waals surface area contributed by atoms with Crippen LogP contribution in [0.4, 0.5) is 27.9 Å². The van der Waals surface area contributed by atoms with E-state index in [4.69, 9.17) is 15.2 Å². The highest BCUT2D eigenvalue weighted by molar-refractivity contribution is 5.78. The summed E-state index contributed by atoms with van der Waals surface area (Å²) < 4.78 is 79.6. The van der Waals surface area contributed by atoms with Gasteiger partial charge in [0.25, 0.3) is 5.88 Å². The lowest BCUT2D eigenvalue weighted by atomic mass is 10.2. The number of anilines is 1. The molecule has 9 nitrogen and oxygen atoms in total. The van der Waals surface area contributed by atoms with E-state index in [-0.39, 0.29) is 17.6 Å². The largest absolute Gasteiger partial charge is 0.430 e. The smallest absolute Gasteiger partial charge is 0.252 e. The predicted octanol–water partition coefficient (Wildman–Crippen LogP) is 1.54. The van der Waals surface area contributed by atoms with Crippen molar-refractivity contribution in [1.29, 1.82) is 0 Å². The molecule has 0 amide bonds. The molecule has 2 aromatic heterocycles. The highest BCUT2D eigenvalue weighted by atomic mass is 19.2. The lowest BCUT2D eigenvalue weighted by molar-refractivity contribution is -0.0432. The van der Waals surface area contributed by atoms with Crippen molar-refractivity contribution in [3.63, 3.8) is 0 Å². The second kappa shape index (κ2) is 7.30. The number of nitrogen functional groups attached to an aromatic ring is 1. The van der Waals surface area contributed by atoms with Crippen molar-refractivity contribution in [3.05, 3.63) is 35.4 Å². The molecule has 3 atom stereocenters. The molecule has 0 radical (unpaired) electrons. The summed E-state index contributed by atoms with van der Waals surface area (Å²) in [6.07, 6.45) is -1.47. The molecule has 1 aliphatic rings. The monoisotopic (exact) mass is 433 g/mol. The second-order valence-electron chi connectivity index (χ2n) is 6.33. The number of nitrogens with two attached hydrogens (primary N) is 1. The Morgan fingerprint density at radius 2 is 1.73 bits per heavy atom. The molecule has 1 aromatic carbocycles. The van der Waals surface area contributed by atoms with Crippen molar-refractivity contribution in [2.75, 3.05) is 12.3 Å². The van der Waals surface area contributed by atoms with Crippen molar-refractivity contribution in [2.45, 2.75) is 24.9 Å². The Morgan fingerprint density at radius 3 is 2.33 bits per heavy atom. The SMILES string of the molecule is Nc1nc(Oc2c(F)c(F)c(F)c(F)c2F)c2ncn([C@H]3C[C@H](O)[C@@H](CO)O3)c2n1. The second-order valence-corrected chi connectivity index (χ2v) is 6.33. The van der Waals surface area contributed by atoms with Gasteiger partial charge in [0.05, 0.1) is 19.0 Å². The van der Waals surface area contributed by atoms with Gasteiger partial charge in [-0.1, -0.05) is 0 Å². The lowest BCUT2D eigenvalue weighted by Crippen LogP contribution is -2.24. The number of aliphatic hydroxyl groups is 2. The first-order valence-corrected chi connectivity index (χ1v) is 8.36. The van der Waals surface area contributed by atoms with Crippen LogP contribution in [0.2, 0.25) is 0 Å². The minimum absolute atomic E-state index is 0.0500. The van der Waals surface area contributed by atoms with Gasteiger partial charge in [0.1, 0.15) is 12.3 Å². The van der Waals surface area contributed by atoms with E-state index in [9.17, 15) is 32.2 Å². The summed E-state index contributed by atoms with van der Waals surface area (Å²) in [5, 5.41) is 19.1. The van der Waals surface area contributed by atoms with Crippen LogP contribution < -0.4 is 10.5 Å². The van der Waals surface area contributed by atoms with Crippen molar-refractivity contribution in [3.8, 4) is 11.6 Å². The minimum Gasteiger partial charge on any atom is -0.430 e. The topological polar surface area (TPSA) is 129 Å². The van der Waals surface area contributed by atoms with E-state index in [1.807, 2.05) is 0 Å². The maximum absolute atomic E-state index is 13.9. The zero-order valence-corrected chi connectivity index (χ0v) is 14.7. The summed E-state index contributed by atoms with van der Waals surface area (Å²) in [6.45, 7) is -0.448. The fourth-order valence-corrected chi connectivity index (χ4v) is 3.01. The molecule has 0 saturated carbocycles. The molecule has 0 unspecified atom stereocenters. The number of hydrogen-bond donors (Lipinski definition) is 3. The highest BCUT2D eigenvalue weighted by Crippen LogP contribution is 2.36. The molecule has 1 aliphatic heterocycles. The van der Waals surface area contributed by atoms with Crippen LogP contribution in [0.5, 0.6) is 11.6 Å². The maximum Gasteiger partial charge on any atom is 0.252 e. The third-order valence-electron chi connectivity index (χ3n) is 4.47. The molecule has 1 saturated heterocycles. The zero-order valence-electron chi connectivity index (χ0n) is 14.7. The fourth-order valence-electron chi connectivity index (χ4n) is 3.01. The van der Waals surface area contributed by atoms with Gasteiger partial charge in [0.15, 0.2) is 11.2 Å². The normalized spacial score (nSPS) is 21.5. The van der Waals surface area contributed by atoms with E-state index in [0.717, 1.165) is 0 Å². The quantitative estimate of drug-likeness (QED) is 0.321. The molecule has 3 heterocycles. The summed E-state index contributed by atoms with van der Waals surface area (Å²) in [5.41, 5.74) is 5.30. The molecule has 0 aliphatic carbocycles. The summed E-state index contributed by atoms with van der Waals surface area (Å²) in [5.74, 6) is -13.9. The first kappa shape index (κ1) is 20.2. The molecule has 0 spiro atoms. The number of imidazole rings is 1. The van der Waals surface area contributed by atoms with Crippen molar-refractivity contribution < 1.29 is 41.6 Å². The first-order valence-electron chi connectivity index (χ1n) is 8.36. The van der Waals surface area contributed by atoms with Gasteiger partial charge in [-0.15, -0.1) is 0 Å². The van der Waals surface area contributed by atoms with Crippen LogP contribution >= 0.6 is 0 Å². The molecule has 1 fully saturated rings. The number of hydrogen-bond acceptors (Lipinski definition) is 8. The Labute approximate surface area is 163 Å². The zero-order chi connectivity index (χ0) is 21.7. The number of aromatic nitrogens is 4. The third kappa shape index (κ3) is 3.09. The van der Waals surface area contributed by atoms with E-state index in [0.29, 0.717) is 0 Å². The summed E-state index contributed by atoms with van der Waals surface area (Å²) in [4.78, 5) is 11.5. The number of ether oxygens (including phenoxy) is 2. The van der Waals surface area contributed by atoms with Crippen molar-refractivity contribution in [2.24, 2.45) is 0 Å². The molecule has 30 heavy (non-hydrogen) atoms. The van der Waals surface area contributed by atoms with Crippen LogP contribution in [0, 0.1) is 29.1 Å². The standard InChI is InChI=1S/C16H12F5N5O4/c17-7-8(18)10(20)13(11(21)9(7)19)30-15-12-14(24-16(22)25-15)26(3-23-12)6-1-4(28)5(2-27)29-6/h3-6,27-28H,1-2H2,(H2,22,24,25)/t4-,5+,6+/m0/s1. The molecule has 14 heteroatoms. The van der Waals surface area contributed by atoms with E-state index < -0.39 is 71.7 Å². The molecule has 160 valence electrons.